The van der Waals surface area contributed by atoms with Crippen LogP contribution in [-0.2, 0) is 0 Å². The Morgan fingerprint density at radius 1 is 1.13 bits per heavy atom. The molecule has 0 bridgehead atoms. The summed E-state index contributed by atoms with van der Waals surface area (Å²) in [5.74, 6) is 0.848. The van der Waals surface area contributed by atoms with Gasteiger partial charge in [-0.2, -0.15) is 0 Å². The molecule has 0 fully saturated rings. The van der Waals surface area contributed by atoms with Gasteiger partial charge in [-0.3, -0.25) is 0 Å². The normalized spacial score (nSPS) is 13.8. The molecule has 0 aliphatic heterocycles. The highest BCUT2D eigenvalue weighted by Crippen LogP contribution is 2.15. The first kappa shape index (κ1) is 14.9. The Labute approximate surface area is 96.2 Å². The van der Waals surface area contributed by atoms with Crippen molar-refractivity contribution in [3.05, 3.63) is 0 Å². The van der Waals surface area contributed by atoms with E-state index in [1.807, 2.05) is 0 Å². The molecule has 0 radical (unpaired) electrons. The summed E-state index contributed by atoms with van der Waals surface area (Å²) >= 11 is 0. The molecule has 0 rings (SSSR count). The smallest absolute Gasteiger partial charge is 0.00384 e. The highest BCUT2D eigenvalue weighted by molar-refractivity contribution is 4.64. The van der Waals surface area contributed by atoms with E-state index >= 15 is 0 Å². The van der Waals surface area contributed by atoms with Crippen LogP contribution in [-0.4, -0.2) is 30.6 Å². The molecular formula is C13H30N2. The Balaban J connectivity index is 3.65. The molecule has 0 spiro atoms. The fourth-order valence-corrected chi connectivity index (χ4v) is 2.15. The zero-order valence-corrected chi connectivity index (χ0v) is 11.1. The van der Waals surface area contributed by atoms with Crippen molar-refractivity contribution in [3.63, 3.8) is 0 Å². The number of nitrogens with two attached hydrogens (primary N) is 1. The molecule has 2 nitrogen and oxygen atoms in total. The molecule has 0 heterocycles. The van der Waals surface area contributed by atoms with E-state index in [1.165, 1.54) is 38.8 Å². The summed E-state index contributed by atoms with van der Waals surface area (Å²) in [6, 6.07) is 0.685. The van der Waals surface area contributed by atoms with Crippen molar-refractivity contribution in [2.75, 3.05) is 19.6 Å². The molecule has 15 heavy (non-hydrogen) atoms. The zero-order valence-electron chi connectivity index (χ0n) is 11.1. The van der Waals surface area contributed by atoms with Gasteiger partial charge in [0.05, 0.1) is 0 Å². The van der Waals surface area contributed by atoms with Crippen LogP contribution in [0.2, 0.25) is 0 Å². The highest BCUT2D eigenvalue weighted by atomic mass is 15.1. The second-order valence-electron chi connectivity index (χ2n) is 4.72. The zero-order chi connectivity index (χ0) is 11.7. The summed E-state index contributed by atoms with van der Waals surface area (Å²) < 4.78 is 0. The largest absolute Gasteiger partial charge is 0.330 e. The summed E-state index contributed by atoms with van der Waals surface area (Å²) in [5, 5.41) is 0. The van der Waals surface area contributed by atoms with Crippen LogP contribution in [0.4, 0.5) is 0 Å². The van der Waals surface area contributed by atoms with Crippen molar-refractivity contribution in [2.45, 2.75) is 59.4 Å². The monoisotopic (exact) mass is 214 g/mol. The second-order valence-corrected chi connectivity index (χ2v) is 4.72. The molecule has 0 saturated heterocycles. The molecule has 2 N–H and O–H groups in total. The van der Waals surface area contributed by atoms with Crippen molar-refractivity contribution in [1.82, 2.24) is 4.90 Å². The third-order valence-electron chi connectivity index (χ3n) is 3.35. The van der Waals surface area contributed by atoms with E-state index in [0.29, 0.717) is 6.04 Å². The predicted molar refractivity (Wildman–Crippen MR) is 69.1 cm³/mol. The molecule has 1 atom stereocenters. The second kappa shape index (κ2) is 9.17. The number of nitrogens with zero attached hydrogens (tertiary/aromatic N) is 1. The first-order valence-electron chi connectivity index (χ1n) is 6.59. The minimum atomic E-state index is 0.685. The van der Waals surface area contributed by atoms with E-state index in [9.17, 15) is 0 Å². The number of hydrogen-bond donors (Lipinski definition) is 1. The van der Waals surface area contributed by atoms with Crippen molar-refractivity contribution < 1.29 is 0 Å². The van der Waals surface area contributed by atoms with Gasteiger partial charge in [0, 0.05) is 6.04 Å². The summed E-state index contributed by atoms with van der Waals surface area (Å²) in [5.41, 5.74) is 5.60. The van der Waals surface area contributed by atoms with Crippen LogP contribution in [0.1, 0.15) is 53.4 Å². The van der Waals surface area contributed by atoms with Gasteiger partial charge in [0.15, 0.2) is 0 Å². The lowest BCUT2D eigenvalue weighted by Gasteiger charge is -2.25. The van der Waals surface area contributed by atoms with Crippen LogP contribution in [0.25, 0.3) is 0 Å². The van der Waals surface area contributed by atoms with Gasteiger partial charge in [0.25, 0.3) is 0 Å². The lowest BCUT2D eigenvalue weighted by molar-refractivity contribution is 0.222. The Morgan fingerprint density at radius 3 is 2.20 bits per heavy atom. The molecule has 0 aliphatic carbocycles. The van der Waals surface area contributed by atoms with E-state index in [1.54, 1.807) is 0 Å². The first-order chi connectivity index (χ1) is 7.15. The summed E-state index contributed by atoms with van der Waals surface area (Å²) in [6.07, 6.45) is 5.15. The Hall–Kier alpha value is -0.0800. The molecule has 0 aromatic carbocycles. The van der Waals surface area contributed by atoms with Gasteiger partial charge in [0.1, 0.15) is 0 Å². The third-order valence-corrected chi connectivity index (χ3v) is 3.35. The van der Waals surface area contributed by atoms with Gasteiger partial charge < -0.3 is 10.6 Å². The highest BCUT2D eigenvalue weighted by Gasteiger charge is 2.09. The van der Waals surface area contributed by atoms with Crippen LogP contribution >= 0.6 is 0 Å². The van der Waals surface area contributed by atoms with Crippen LogP contribution in [0, 0.1) is 5.92 Å². The van der Waals surface area contributed by atoms with E-state index in [2.05, 4.69) is 32.6 Å². The van der Waals surface area contributed by atoms with Crippen LogP contribution in [0.3, 0.4) is 0 Å². The Morgan fingerprint density at radius 2 is 1.80 bits per heavy atom. The van der Waals surface area contributed by atoms with Crippen molar-refractivity contribution in [2.24, 2.45) is 11.7 Å². The van der Waals surface area contributed by atoms with Gasteiger partial charge in [0.2, 0.25) is 0 Å². The van der Waals surface area contributed by atoms with Crippen molar-refractivity contribution in [1.29, 1.82) is 0 Å². The summed E-state index contributed by atoms with van der Waals surface area (Å²) in [7, 11) is 0. The molecule has 2 heteroatoms. The first-order valence-corrected chi connectivity index (χ1v) is 6.59. The van der Waals surface area contributed by atoms with Gasteiger partial charge in [-0.25, -0.2) is 0 Å². The molecule has 0 saturated carbocycles. The molecular weight excluding hydrogens is 184 g/mol. The summed E-state index contributed by atoms with van der Waals surface area (Å²) in [4.78, 5) is 2.54. The summed E-state index contributed by atoms with van der Waals surface area (Å²) in [6.45, 7) is 12.3. The molecule has 0 aromatic heterocycles. The number of rotatable bonds is 9. The minimum Gasteiger partial charge on any atom is -0.330 e. The van der Waals surface area contributed by atoms with E-state index in [4.69, 9.17) is 5.73 Å². The lowest BCUT2D eigenvalue weighted by atomic mass is 9.96. The number of hydrogen-bond acceptors (Lipinski definition) is 2. The van der Waals surface area contributed by atoms with Crippen LogP contribution in [0.5, 0.6) is 0 Å². The molecule has 1 unspecified atom stereocenters. The average molecular weight is 214 g/mol. The third kappa shape index (κ3) is 6.91. The quantitative estimate of drug-likeness (QED) is 0.639. The molecule has 92 valence electrons. The average Bonchev–Trinajstić information content (AvgIpc) is 2.22. The van der Waals surface area contributed by atoms with Gasteiger partial charge in [-0.1, -0.05) is 20.3 Å². The Kier molecular flexibility index (Phi) is 9.12. The molecule has 0 aliphatic rings. The van der Waals surface area contributed by atoms with Crippen LogP contribution < -0.4 is 5.73 Å². The maximum Gasteiger partial charge on any atom is 0.00384 e. The van der Waals surface area contributed by atoms with E-state index in [-0.39, 0.29) is 0 Å². The predicted octanol–water partition coefficient (Wildman–Crippen LogP) is 2.87. The maximum atomic E-state index is 5.60. The fourth-order valence-electron chi connectivity index (χ4n) is 2.15. The van der Waals surface area contributed by atoms with Crippen LogP contribution in [0.15, 0.2) is 0 Å². The minimum absolute atomic E-state index is 0.685. The SMILES string of the molecule is CCC(CCN)CCCN(CC)C(C)C. The maximum absolute atomic E-state index is 5.60. The van der Waals surface area contributed by atoms with Gasteiger partial charge >= 0.3 is 0 Å². The van der Waals surface area contributed by atoms with Gasteiger partial charge in [-0.05, 0) is 58.7 Å². The Bertz CT molecular complexity index is 134. The van der Waals surface area contributed by atoms with Crippen molar-refractivity contribution >= 4 is 0 Å². The fraction of sp³-hybridized carbons (Fsp3) is 1.00. The van der Waals surface area contributed by atoms with E-state index < -0.39 is 0 Å². The van der Waals surface area contributed by atoms with Gasteiger partial charge in [-0.15, -0.1) is 0 Å². The van der Waals surface area contributed by atoms with E-state index in [0.717, 1.165) is 12.5 Å². The standard InChI is InChI=1S/C13H30N2/c1-5-13(9-10-14)8-7-11-15(6-2)12(3)4/h12-13H,5-11,14H2,1-4H3. The topological polar surface area (TPSA) is 29.3 Å². The lowest BCUT2D eigenvalue weighted by Crippen LogP contribution is -2.31. The molecule has 0 aromatic rings. The molecule has 0 amide bonds. The van der Waals surface area contributed by atoms with Crippen molar-refractivity contribution in [3.8, 4) is 0 Å².